The van der Waals surface area contributed by atoms with Crippen molar-refractivity contribution in [3.05, 3.63) is 75.7 Å². The molecule has 1 atom stereocenters. The lowest BCUT2D eigenvalue weighted by molar-refractivity contribution is -0.137. The van der Waals surface area contributed by atoms with Crippen molar-refractivity contribution in [1.82, 2.24) is 15.6 Å². The summed E-state index contributed by atoms with van der Waals surface area (Å²) in [4.78, 5) is 40.4. The summed E-state index contributed by atoms with van der Waals surface area (Å²) in [6.45, 7) is 2.27. The number of fused-ring (bicyclic) bond motifs is 3. The molecule has 9 heteroatoms. The number of carboxylic acid groups (broad SMARTS) is 1. The zero-order valence-electron chi connectivity index (χ0n) is 19.3. The Labute approximate surface area is 207 Å². The number of rotatable bonds is 10. The first-order valence-corrected chi connectivity index (χ1v) is 12.3. The summed E-state index contributed by atoms with van der Waals surface area (Å²) in [5, 5.41) is 15.0. The molecule has 0 saturated heterocycles. The van der Waals surface area contributed by atoms with Gasteiger partial charge in [-0.15, -0.1) is 11.3 Å². The van der Waals surface area contributed by atoms with Gasteiger partial charge in [-0.25, -0.2) is 9.78 Å². The number of ether oxygens (including phenoxy) is 1. The van der Waals surface area contributed by atoms with Crippen LogP contribution in [0.4, 0.5) is 4.79 Å². The van der Waals surface area contributed by atoms with Gasteiger partial charge in [0, 0.05) is 12.0 Å². The molecule has 3 aromatic rings. The lowest BCUT2D eigenvalue weighted by Crippen LogP contribution is -2.36. The number of hydrogen-bond donors (Lipinski definition) is 3. The molecular weight excluding hydrogens is 466 g/mol. The van der Waals surface area contributed by atoms with Crippen molar-refractivity contribution in [3.63, 3.8) is 0 Å². The topological polar surface area (TPSA) is 118 Å². The van der Waals surface area contributed by atoms with E-state index in [1.54, 1.807) is 0 Å². The number of aromatic nitrogens is 1. The predicted octanol–water partition coefficient (Wildman–Crippen LogP) is 4.56. The van der Waals surface area contributed by atoms with Gasteiger partial charge in [0.25, 0.3) is 5.91 Å². The van der Waals surface area contributed by atoms with Gasteiger partial charge in [-0.05, 0) is 28.7 Å². The Hall–Kier alpha value is -3.72. The highest BCUT2D eigenvalue weighted by molar-refractivity contribution is 7.13. The van der Waals surface area contributed by atoms with Crippen molar-refractivity contribution in [2.45, 2.75) is 44.7 Å². The molecule has 1 aliphatic carbocycles. The van der Waals surface area contributed by atoms with E-state index in [1.807, 2.05) is 31.2 Å². The van der Waals surface area contributed by atoms with Crippen LogP contribution < -0.4 is 10.6 Å². The third-order valence-corrected chi connectivity index (χ3v) is 6.89. The van der Waals surface area contributed by atoms with Crippen LogP contribution in [-0.2, 0) is 16.1 Å². The quantitative estimate of drug-likeness (QED) is 0.381. The van der Waals surface area contributed by atoms with E-state index in [0.717, 1.165) is 40.0 Å². The largest absolute Gasteiger partial charge is 0.481 e. The molecule has 0 unspecified atom stereocenters. The first-order valence-electron chi connectivity index (χ1n) is 11.5. The van der Waals surface area contributed by atoms with E-state index in [2.05, 4.69) is 39.9 Å². The van der Waals surface area contributed by atoms with Crippen molar-refractivity contribution in [3.8, 4) is 11.1 Å². The average Bonchev–Trinajstić information content (AvgIpc) is 3.44. The number of carboxylic acids is 1. The van der Waals surface area contributed by atoms with Crippen LogP contribution in [0, 0.1) is 0 Å². The summed E-state index contributed by atoms with van der Waals surface area (Å²) >= 11 is 1.15. The molecule has 8 nitrogen and oxygen atoms in total. The van der Waals surface area contributed by atoms with Gasteiger partial charge in [0.2, 0.25) is 0 Å². The molecule has 0 bridgehead atoms. The number of thiazole rings is 1. The van der Waals surface area contributed by atoms with Crippen molar-refractivity contribution in [2.75, 3.05) is 6.61 Å². The predicted molar refractivity (Wildman–Crippen MR) is 132 cm³/mol. The van der Waals surface area contributed by atoms with E-state index in [-0.39, 0.29) is 31.4 Å². The van der Waals surface area contributed by atoms with Gasteiger partial charge < -0.3 is 20.5 Å². The second kappa shape index (κ2) is 11.1. The molecule has 182 valence electrons. The maximum Gasteiger partial charge on any atom is 0.407 e. The zero-order valence-corrected chi connectivity index (χ0v) is 20.1. The lowest BCUT2D eigenvalue weighted by atomic mass is 9.98. The van der Waals surface area contributed by atoms with Gasteiger partial charge >= 0.3 is 12.1 Å². The van der Waals surface area contributed by atoms with Crippen LogP contribution in [0.1, 0.15) is 57.9 Å². The molecular formula is C26H27N3O5S. The first kappa shape index (κ1) is 24.4. The third kappa shape index (κ3) is 5.86. The van der Waals surface area contributed by atoms with Gasteiger partial charge in [-0.2, -0.15) is 0 Å². The van der Waals surface area contributed by atoms with Crippen molar-refractivity contribution < 1.29 is 24.2 Å². The standard InChI is InChI=1S/C26H27N3O5S/c1-2-7-16(12-24(30)31)29-25(32)22-13-27-23(35-22)14-28-26(33)34-15-21-19-10-5-3-8-17(19)18-9-4-6-11-20(18)21/h3-6,8-11,13,16,21H,2,7,12,14-15H2,1H3,(H,28,33)(H,29,32)(H,30,31)/t16-/m1/s1. The maximum atomic E-state index is 12.5. The molecule has 2 aromatic carbocycles. The summed E-state index contributed by atoms with van der Waals surface area (Å²) in [5.74, 6) is -1.35. The fourth-order valence-electron chi connectivity index (χ4n) is 4.34. The number of carbonyl (C=O) groups is 3. The number of benzene rings is 2. The molecule has 4 rings (SSSR count). The molecule has 2 amide bonds. The Morgan fingerprint density at radius 1 is 1.09 bits per heavy atom. The Morgan fingerprint density at radius 2 is 1.74 bits per heavy atom. The van der Waals surface area contributed by atoms with Gasteiger partial charge in [0.15, 0.2) is 0 Å². The van der Waals surface area contributed by atoms with E-state index in [9.17, 15) is 14.4 Å². The monoisotopic (exact) mass is 493 g/mol. The summed E-state index contributed by atoms with van der Waals surface area (Å²) < 4.78 is 5.52. The van der Waals surface area contributed by atoms with Gasteiger partial charge in [-0.3, -0.25) is 9.59 Å². The summed E-state index contributed by atoms with van der Waals surface area (Å²) in [6, 6.07) is 15.8. The Bertz CT molecular complexity index is 1180. The summed E-state index contributed by atoms with van der Waals surface area (Å²) in [6.07, 6.45) is 2.08. The van der Waals surface area contributed by atoms with Crippen LogP contribution in [-0.4, -0.2) is 40.7 Å². The smallest absolute Gasteiger partial charge is 0.407 e. The lowest BCUT2D eigenvalue weighted by Gasteiger charge is -2.15. The molecule has 1 aliphatic rings. The summed E-state index contributed by atoms with van der Waals surface area (Å²) in [7, 11) is 0. The Balaban J connectivity index is 1.29. The fraction of sp³-hybridized carbons (Fsp3) is 0.308. The molecule has 35 heavy (non-hydrogen) atoms. The fourth-order valence-corrected chi connectivity index (χ4v) is 5.10. The van der Waals surface area contributed by atoms with Crippen LogP contribution >= 0.6 is 11.3 Å². The molecule has 0 radical (unpaired) electrons. The SMILES string of the molecule is CCC[C@H](CC(=O)O)NC(=O)c1cnc(CNC(=O)OCC2c3ccccc3-c3ccccc32)s1. The molecule has 0 spiro atoms. The minimum atomic E-state index is -0.957. The van der Waals surface area contributed by atoms with Crippen molar-refractivity contribution in [1.29, 1.82) is 0 Å². The van der Waals surface area contributed by atoms with E-state index in [1.165, 1.54) is 6.20 Å². The maximum absolute atomic E-state index is 12.5. The van der Waals surface area contributed by atoms with E-state index < -0.39 is 18.1 Å². The number of nitrogens with one attached hydrogen (secondary N) is 2. The second-order valence-corrected chi connectivity index (χ2v) is 9.47. The van der Waals surface area contributed by atoms with Gasteiger partial charge in [0.1, 0.15) is 16.5 Å². The molecule has 3 N–H and O–H groups in total. The highest BCUT2D eigenvalue weighted by atomic mass is 32.1. The van der Waals surface area contributed by atoms with Gasteiger partial charge in [-0.1, -0.05) is 61.9 Å². The zero-order chi connectivity index (χ0) is 24.8. The van der Waals surface area contributed by atoms with Gasteiger partial charge in [0.05, 0.1) is 19.2 Å². The minimum Gasteiger partial charge on any atom is -0.481 e. The summed E-state index contributed by atoms with van der Waals surface area (Å²) in [5.41, 5.74) is 4.60. The Morgan fingerprint density at radius 3 is 2.37 bits per heavy atom. The minimum absolute atomic E-state index is 0.0230. The number of nitrogens with zero attached hydrogens (tertiary/aromatic N) is 1. The van der Waals surface area contributed by atoms with Crippen molar-refractivity contribution in [2.24, 2.45) is 0 Å². The van der Waals surface area contributed by atoms with Crippen LogP contribution in [0.25, 0.3) is 11.1 Å². The van der Waals surface area contributed by atoms with Crippen LogP contribution in [0.15, 0.2) is 54.7 Å². The number of aliphatic carboxylic acids is 1. The average molecular weight is 494 g/mol. The van der Waals surface area contributed by atoms with Crippen molar-refractivity contribution >= 4 is 29.3 Å². The van der Waals surface area contributed by atoms with Crippen LogP contribution in [0.5, 0.6) is 0 Å². The molecule has 1 aromatic heterocycles. The normalized spacial score (nSPS) is 12.9. The highest BCUT2D eigenvalue weighted by Crippen LogP contribution is 2.44. The van der Waals surface area contributed by atoms with Crippen LogP contribution in [0.3, 0.4) is 0 Å². The van der Waals surface area contributed by atoms with E-state index >= 15 is 0 Å². The van der Waals surface area contributed by atoms with E-state index in [0.29, 0.717) is 16.3 Å². The third-order valence-electron chi connectivity index (χ3n) is 5.90. The van der Waals surface area contributed by atoms with E-state index in [4.69, 9.17) is 9.84 Å². The molecule has 0 fully saturated rings. The second-order valence-electron chi connectivity index (χ2n) is 8.35. The number of amides is 2. The van der Waals surface area contributed by atoms with Crippen LogP contribution in [0.2, 0.25) is 0 Å². The highest BCUT2D eigenvalue weighted by Gasteiger charge is 2.29. The molecule has 1 heterocycles. The number of alkyl carbamates (subject to hydrolysis) is 1. The Kier molecular flexibility index (Phi) is 7.77. The first-order chi connectivity index (χ1) is 17.0. The number of hydrogen-bond acceptors (Lipinski definition) is 6. The molecule has 0 aliphatic heterocycles. The molecule has 0 saturated carbocycles. The number of carbonyl (C=O) groups excluding carboxylic acids is 2.